The van der Waals surface area contributed by atoms with E-state index in [1.807, 2.05) is 0 Å². The number of hydrogen-bond donors (Lipinski definition) is 0. The van der Waals surface area contributed by atoms with Crippen molar-refractivity contribution in [3.05, 3.63) is 23.3 Å². The predicted octanol–water partition coefficient (Wildman–Crippen LogP) is 1.67. The number of halogens is 1. The van der Waals surface area contributed by atoms with Crippen molar-refractivity contribution in [2.45, 2.75) is 12.4 Å². The summed E-state index contributed by atoms with van der Waals surface area (Å²) < 4.78 is 38.5. The normalized spacial score (nSPS) is 14.6. The molecule has 0 radical (unpaired) electrons. The summed E-state index contributed by atoms with van der Waals surface area (Å²) in [4.78, 5) is 0. The quantitative estimate of drug-likeness (QED) is 0.790. The van der Waals surface area contributed by atoms with Crippen molar-refractivity contribution in [3.8, 4) is 11.5 Å². The molecule has 0 unspecified atom stereocenters. The topological polar surface area (TPSA) is 61.8 Å². The van der Waals surface area contributed by atoms with E-state index in [-0.39, 0.29) is 5.75 Å². The molecule has 5 nitrogen and oxygen atoms in total. The monoisotopic (exact) mass is 292 g/mol. The molecule has 0 spiro atoms. The molecule has 1 aliphatic rings. The van der Waals surface area contributed by atoms with Gasteiger partial charge in [-0.15, -0.1) is 0 Å². The first-order chi connectivity index (χ1) is 8.51. The van der Waals surface area contributed by atoms with Gasteiger partial charge in [0.1, 0.15) is 13.2 Å². The lowest BCUT2D eigenvalue weighted by Gasteiger charge is -2.22. The fourth-order valence-corrected chi connectivity index (χ4v) is 2.82. The van der Waals surface area contributed by atoms with Gasteiger partial charge in [0.05, 0.1) is 12.4 Å². The predicted molar refractivity (Wildman–Crippen MR) is 66.6 cm³/mol. The summed E-state index contributed by atoms with van der Waals surface area (Å²) in [5, 5.41) is 0. The highest BCUT2D eigenvalue weighted by atomic mass is 35.7. The molecule has 100 valence electrons. The molecule has 1 heterocycles. The van der Waals surface area contributed by atoms with E-state index in [1.54, 1.807) is 12.1 Å². The van der Waals surface area contributed by atoms with Crippen molar-refractivity contribution in [2.24, 2.45) is 0 Å². The Hall–Kier alpha value is -0.980. The molecule has 1 aromatic carbocycles. The first-order valence-corrected chi connectivity index (χ1v) is 7.81. The van der Waals surface area contributed by atoms with Crippen molar-refractivity contribution in [1.29, 1.82) is 0 Å². The minimum absolute atomic E-state index is 0.290. The van der Waals surface area contributed by atoms with Gasteiger partial charge in [0, 0.05) is 23.4 Å². The highest BCUT2D eigenvalue weighted by Gasteiger charge is 2.22. The largest absolute Gasteiger partial charge is 0.486 e. The lowest BCUT2D eigenvalue weighted by Crippen LogP contribution is -2.18. The van der Waals surface area contributed by atoms with Crippen LogP contribution in [0.1, 0.15) is 11.1 Å². The maximum atomic E-state index is 11.3. The second-order valence-electron chi connectivity index (χ2n) is 3.84. The Kier molecular flexibility index (Phi) is 3.99. The van der Waals surface area contributed by atoms with E-state index in [0.29, 0.717) is 36.9 Å². The summed E-state index contributed by atoms with van der Waals surface area (Å²) >= 11 is 0. The van der Waals surface area contributed by atoms with Gasteiger partial charge in [0.2, 0.25) is 9.05 Å². The lowest BCUT2D eigenvalue weighted by molar-refractivity contribution is 0.166. The Morgan fingerprint density at radius 2 is 2.06 bits per heavy atom. The minimum Gasteiger partial charge on any atom is -0.486 e. The van der Waals surface area contributed by atoms with Crippen molar-refractivity contribution in [3.63, 3.8) is 0 Å². The molecular weight excluding hydrogens is 280 g/mol. The molecule has 0 fully saturated rings. The van der Waals surface area contributed by atoms with Crippen LogP contribution in [0.4, 0.5) is 0 Å². The molecule has 0 saturated carbocycles. The minimum atomic E-state index is -3.67. The SMILES string of the molecule is COCc1ccc2c(c1CS(=O)(=O)Cl)OCCO2. The molecule has 0 bridgehead atoms. The van der Waals surface area contributed by atoms with Crippen LogP contribution in [0, 0.1) is 0 Å². The first-order valence-electron chi connectivity index (χ1n) is 5.33. The van der Waals surface area contributed by atoms with Gasteiger partial charge in [-0.1, -0.05) is 6.07 Å². The Balaban J connectivity index is 2.49. The Morgan fingerprint density at radius 1 is 1.33 bits per heavy atom. The second kappa shape index (κ2) is 5.34. The summed E-state index contributed by atoms with van der Waals surface area (Å²) in [7, 11) is 3.18. The summed E-state index contributed by atoms with van der Waals surface area (Å²) in [6.45, 7) is 1.13. The van der Waals surface area contributed by atoms with Crippen LogP contribution in [-0.4, -0.2) is 28.7 Å². The molecule has 0 aromatic heterocycles. The molecule has 0 saturated heterocycles. The van der Waals surface area contributed by atoms with E-state index in [0.717, 1.165) is 5.56 Å². The molecule has 7 heteroatoms. The van der Waals surface area contributed by atoms with Crippen LogP contribution in [0.25, 0.3) is 0 Å². The van der Waals surface area contributed by atoms with Gasteiger partial charge < -0.3 is 14.2 Å². The smallest absolute Gasteiger partial charge is 0.236 e. The lowest BCUT2D eigenvalue weighted by atomic mass is 10.1. The summed E-state index contributed by atoms with van der Waals surface area (Å²) in [6.07, 6.45) is 0. The molecular formula is C11H13ClO5S. The number of rotatable bonds is 4. The van der Waals surface area contributed by atoms with Crippen molar-refractivity contribution >= 4 is 19.7 Å². The van der Waals surface area contributed by atoms with Crippen LogP contribution >= 0.6 is 10.7 Å². The van der Waals surface area contributed by atoms with Crippen molar-refractivity contribution < 1.29 is 22.6 Å². The molecule has 0 aliphatic carbocycles. The zero-order chi connectivity index (χ0) is 13.2. The van der Waals surface area contributed by atoms with E-state index in [9.17, 15) is 8.42 Å². The zero-order valence-corrected chi connectivity index (χ0v) is 11.4. The van der Waals surface area contributed by atoms with Gasteiger partial charge in [-0.25, -0.2) is 8.42 Å². The van der Waals surface area contributed by atoms with Gasteiger partial charge in [0.25, 0.3) is 0 Å². The average Bonchev–Trinajstić information content (AvgIpc) is 2.31. The van der Waals surface area contributed by atoms with E-state index < -0.39 is 9.05 Å². The van der Waals surface area contributed by atoms with E-state index in [4.69, 9.17) is 24.9 Å². The maximum Gasteiger partial charge on any atom is 0.236 e. The average molecular weight is 293 g/mol. The van der Waals surface area contributed by atoms with Crippen LogP contribution in [0.3, 0.4) is 0 Å². The van der Waals surface area contributed by atoms with Crippen molar-refractivity contribution in [1.82, 2.24) is 0 Å². The van der Waals surface area contributed by atoms with Crippen LogP contribution in [0.15, 0.2) is 12.1 Å². The van der Waals surface area contributed by atoms with Crippen LogP contribution in [0.5, 0.6) is 11.5 Å². The van der Waals surface area contributed by atoms with Crippen LogP contribution < -0.4 is 9.47 Å². The fraction of sp³-hybridized carbons (Fsp3) is 0.455. The van der Waals surface area contributed by atoms with Gasteiger partial charge in [-0.05, 0) is 11.6 Å². The second-order valence-corrected chi connectivity index (χ2v) is 6.62. The van der Waals surface area contributed by atoms with Crippen molar-refractivity contribution in [2.75, 3.05) is 20.3 Å². The number of ether oxygens (including phenoxy) is 3. The van der Waals surface area contributed by atoms with Gasteiger partial charge in [-0.3, -0.25) is 0 Å². The molecule has 1 aromatic rings. The summed E-state index contributed by atoms with van der Waals surface area (Å²) in [5.41, 5.74) is 1.23. The third-order valence-corrected chi connectivity index (χ3v) is 3.49. The molecule has 0 N–H and O–H groups in total. The fourth-order valence-electron chi connectivity index (χ4n) is 1.84. The third-order valence-electron chi connectivity index (χ3n) is 2.53. The summed E-state index contributed by atoms with van der Waals surface area (Å²) in [5.74, 6) is 0.677. The molecule has 18 heavy (non-hydrogen) atoms. The maximum absolute atomic E-state index is 11.3. The highest BCUT2D eigenvalue weighted by molar-refractivity contribution is 8.13. The Bertz CT molecular complexity index is 541. The standard InChI is InChI=1S/C11H13ClO5S/c1-15-6-8-2-3-10-11(17-5-4-16-10)9(8)7-18(12,13)14/h2-3H,4-7H2,1H3. The number of hydrogen-bond acceptors (Lipinski definition) is 5. The van der Waals surface area contributed by atoms with E-state index in [2.05, 4.69) is 0 Å². The Morgan fingerprint density at radius 3 is 2.72 bits per heavy atom. The summed E-state index contributed by atoms with van der Waals surface area (Å²) in [6, 6.07) is 3.50. The van der Waals surface area contributed by atoms with Gasteiger partial charge in [-0.2, -0.15) is 0 Å². The molecule has 2 rings (SSSR count). The first kappa shape index (κ1) is 13.5. The zero-order valence-electron chi connectivity index (χ0n) is 9.81. The van der Waals surface area contributed by atoms with E-state index >= 15 is 0 Å². The Labute approximate surface area is 110 Å². The van der Waals surface area contributed by atoms with Crippen LogP contribution in [-0.2, 0) is 26.1 Å². The molecule has 0 amide bonds. The molecule has 1 aliphatic heterocycles. The molecule has 0 atom stereocenters. The third kappa shape index (κ3) is 3.07. The van der Waals surface area contributed by atoms with E-state index in [1.165, 1.54) is 7.11 Å². The number of methoxy groups -OCH3 is 1. The number of fused-ring (bicyclic) bond motifs is 1. The number of benzene rings is 1. The highest BCUT2D eigenvalue weighted by Crippen LogP contribution is 2.37. The van der Waals surface area contributed by atoms with Gasteiger partial charge in [0.15, 0.2) is 11.5 Å². The van der Waals surface area contributed by atoms with Crippen LogP contribution in [0.2, 0.25) is 0 Å². The van der Waals surface area contributed by atoms with Gasteiger partial charge >= 0.3 is 0 Å².